The summed E-state index contributed by atoms with van der Waals surface area (Å²) in [6.45, 7) is 2.41. The van der Waals surface area contributed by atoms with Crippen molar-refractivity contribution in [2.75, 3.05) is 11.9 Å². The molecule has 0 spiro atoms. The van der Waals surface area contributed by atoms with Gasteiger partial charge in [0.2, 0.25) is 5.91 Å². The molecule has 1 amide bonds. The van der Waals surface area contributed by atoms with Crippen LogP contribution >= 0.6 is 0 Å². The largest absolute Gasteiger partial charge is 0.492 e. The van der Waals surface area contributed by atoms with Gasteiger partial charge in [-0.25, -0.2) is 4.68 Å². The van der Waals surface area contributed by atoms with Gasteiger partial charge in [-0.05, 0) is 55.4 Å². The molecule has 2 atom stereocenters. The first-order valence-corrected chi connectivity index (χ1v) is 10.3. The zero-order valence-corrected chi connectivity index (χ0v) is 16.6. The van der Waals surface area contributed by atoms with Gasteiger partial charge >= 0.3 is 0 Å². The van der Waals surface area contributed by atoms with Gasteiger partial charge in [-0.3, -0.25) is 4.79 Å². The van der Waals surface area contributed by atoms with Crippen LogP contribution in [-0.4, -0.2) is 22.3 Å². The van der Waals surface area contributed by atoms with Crippen LogP contribution in [0.1, 0.15) is 41.1 Å². The summed E-state index contributed by atoms with van der Waals surface area (Å²) < 4.78 is 7.82. The van der Waals surface area contributed by atoms with Crippen LogP contribution in [0, 0.1) is 12.8 Å². The maximum Gasteiger partial charge on any atom is 0.232 e. The van der Waals surface area contributed by atoms with Gasteiger partial charge < -0.3 is 10.1 Å². The second kappa shape index (κ2) is 7.39. The van der Waals surface area contributed by atoms with E-state index in [0.29, 0.717) is 13.0 Å². The molecular formula is C24H25N3O2. The molecule has 148 valence electrons. The number of amides is 1. The number of rotatable bonds is 3. The minimum absolute atomic E-state index is 0.00607. The number of hydrogen-bond acceptors (Lipinski definition) is 3. The fourth-order valence-corrected chi connectivity index (χ4v) is 4.54. The predicted octanol–water partition coefficient (Wildman–Crippen LogP) is 4.31. The van der Waals surface area contributed by atoms with Crippen LogP contribution in [0.25, 0.3) is 0 Å². The first-order chi connectivity index (χ1) is 14.2. The van der Waals surface area contributed by atoms with E-state index in [1.54, 1.807) is 0 Å². The van der Waals surface area contributed by atoms with E-state index >= 15 is 0 Å². The molecule has 5 nitrogen and oxygen atoms in total. The number of ether oxygens (including phenoxy) is 1. The third kappa shape index (κ3) is 3.31. The number of hydrogen-bond donors (Lipinski definition) is 1. The van der Waals surface area contributed by atoms with Gasteiger partial charge in [-0.15, -0.1) is 0 Å². The summed E-state index contributed by atoms with van der Waals surface area (Å²) in [6, 6.07) is 16.7. The summed E-state index contributed by atoms with van der Waals surface area (Å²) in [5.41, 5.74) is 4.77. The molecule has 2 heterocycles. The quantitative estimate of drug-likeness (QED) is 0.729. The lowest BCUT2D eigenvalue weighted by atomic mass is 9.88. The molecule has 0 fully saturated rings. The molecule has 2 aliphatic rings. The highest BCUT2D eigenvalue weighted by Crippen LogP contribution is 2.35. The maximum atomic E-state index is 13.1. The Bertz CT molecular complexity index is 1060. The van der Waals surface area contributed by atoms with Crippen molar-refractivity contribution in [3.05, 3.63) is 77.0 Å². The Balaban J connectivity index is 1.40. The van der Waals surface area contributed by atoms with Crippen molar-refractivity contribution in [2.45, 2.75) is 38.6 Å². The van der Waals surface area contributed by atoms with Crippen molar-refractivity contribution in [1.82, 2.24) is 9.78 Å². The molecule has 5 rings (SSSR count). The smallest absolute Gasteiger partial charge is 0.232 e. The number of aromatic nitrogens is 2. The molecular weight excluding hydrogens is 362 g/mol. The Morgan fingerprint density at radius 1 is 1.14 bits per heavy atom. The fourth-order valence-electron chi connectivity index (χ4n) is 4.54. The van der Waals surface area contributed by atoms with Gasteiger partial charge in [0.05, 0.1) is 18.2 Å². The lowest BCUT2D eigenvalue weighted by molar-refractivity contribution is -0.121. The molecule has 0 saturated heterocycles. The summed E-state index contributed by atoms with van der Waals surface area (Å²) >= 11 is 0. The van der Waals surface area contributed by atoms with E-state index in [2.05, 4.69) is 34.7 Å². The number of para-hydroxylation sites is 1. The minimum atomic E-state index is -0.203. The standard InChI is InChI=1S/C24H25N3O2/c1-16-14-25-27(21-11-6-9-17-7-2-4-10-20(17)21)23(16)26-24(28)19-13-18-8-3-5-12-22(18)29-15-19/h2-5,7-8,10,12,14,19,21H,6,9,11,13,15H2,1H3,(H,26,28). The highest BCUT2D eigenvalue weighted by atomic mass is 16.5. The van der Waals surface area contributed by atoms with E-state index in [0.717, 1.165) is 42.0 Å². The van der Waals surface area contributed by atoms with Crippen LogP contribution in [0.3, 0.4) is 0 Å². The van der Waals surface area contributed by atoms with Gasteiger partial charge in [-0.2, -0.15) is 5.10 Å². The summed E-state index contributed by atoms with van der Waals surface area (Å²) in [7, 11) is 0. The van der Waals surface area contributed by atoms with Crippen LogP contribution in [0.2, 0.25) is 0 Å². The number of anilines is 1. The molecule has 0 bridgehead atoms. The molecule has 29 heavy (non-hydrogen) atoms. The summed E-state index contributed by atoms with van der Waals surface area (Å²) in [4.78, 5) is 13.1. The van der Waals surface area contributed by atoms with Crippen LogP contribution in [0.4, 0.5) is 5.82 Å². The van der Waals surface area contributed by atoms with Gasteiger partial charge in [0.15, 0.2) is 0 Å². The Labute approximate surface area is 170 Å². The van der Waals surface area contributed by atoms with Gasteiger partial charge in [0.1, 0.15) is 18.2 Å². The Hall–Kier alpha value is -3.08. The first-order valence-electron chi connectivity index (χ1n) is 10.3. The molecule has 2 unspecified atom stereocenters. The minimum Gasteiger partial charge on any atom is -0.492 e. The van der Waals surface area contributed by atoms with Crippen LogP contribution in [0.15, 0.2) is 54.7 Å². The van der Waals surface area contributed by atoms with Gasteiger partial charge in [0.25, 0.3) is 0 Å². The van der Waals surface area contributed by atoms with Crippen molar-refractivity contribution in [3.63, 3.8) is 0 Å². The predicted molar refractivity (Wildman–Crippen MR) is 112 cm³/mol. The number of fused-ring (bicyclic) bond motifs is 2. The van der Waals surface area contributed by atoms with E-state index in [1.807, 2.05) is 42.1 Å². The van der Waals surface area contributed by atoms with Crippen molar-refractivity contribution >= 4 is 11.7 Å². The molecule has 2 aromatic carbocycles. The second-order valence-corrected chi connectivity index (χ2v) is 8.04. The Morgan fingerprint density at radius 3 is 2.83 bits per heavy atom. The normalized spacial score (nSPS) is 20.3. The zero-order valence-electron chi connectivity index (χ0n) is 16.6. The molecule has 1 aliphatic carbocycles. The van der Waals surface area contributed by atoms with E-state index in [4.69, 9.17) is 4.74 Å². The van der Waals surface area contributed by atoms with Crippen LogP contribution in [0.5, 0.6) is 5.75 Å². The topological polar surface area (TPSA) is 56.2 Å². The highest BCUT2D eigenvalue weighted by molar-refractivity contribution is 5.93. The third-order valence-corrected chi connectivity index (χ3v) is 6.10. The number of nitrogens with zero attached hydrogens (tertiary/aromatic N) is 2. The van der Waals surface area contributed by atoms with Crippen molar-refractivity contribution in [2.24, 2.45) is 5.92 Å². The van der Waals surface area contributed by atoms with Crippen molar-refractivity contribution < 1.29 is 9.53 Å². The number of aryl methyl sites for hydroxylation is 2. The van der Waals surface area contributed by atoms with E-state index in [-0.39, 0.29) is 17.9 Å². The highest BCUT2D eigenvalue weighted by Gasteiger charge is 2.29. The summed E-state index contributed by atoms with van der Waals surface area (Å²) in [5.74, 6) is 1.48. The second-order valence-electron chi connectivity index (χ2n) is 8.04. The molecule has 0 saturated carbocycles. The molecule has 0 radical (unpaired) electrons. The monoisotopic (exact) mass is 387 g/mol. The van der Waals surface area contributed by atoms with Gasteiger partial charge in [0, 0.05) is 5.56 Å². The molecule has 1 N–H and O–H groups in total. The maximum absolute atomic E-state index is 13.1. The van der Waals surface area contributed by atoms with Crippen molar-refractivity contribution in [1.29, 1.82) is 0 Å². The van der Waals surface area contributed by atoms with Crippen molar-refractivity contribution in [3.8, 4) is 5.75 Å². The van der Waals surface area contributed by atoms with Crippen LogP contribution in [-0.2, 0) is 17.6 Å². The van der Waals surface area contributed by atoms with E-state index < -0.39 is 0 Å². The molecule has 5 heteroatoms. The van der Waals surface area contributed by atoms with Crippen LogP contribution < -0.4 is 10.1 Å². The zero-order chi connectivity index (χ0) is 19.8. The Kier molecular flexibility index (Phi) is 4.58. The summed E-state index contributed by atoms with van der Waals surface area (Å²) in [5, 5.41) is 7.81. The number of benzene rings is 2. The van der Waals surface area contributed by atoms with E-state index in [9.17, 15) is 4.79 Å². The lowest BCUT2D eigenvalue weighted by Gasteiger charge is -2.28. The fraction of sp³-hybridized carbons (Fsp3) is 0.333. The first kappa shape index (κ1) is 18.0. The number of carbonyl (C=O) groups is 1. The average Bonchev–Trinajstić information content (AvgIpc) is 3.13. The average molecular weight is 387 g/mol. The number of carbonyl (C=O) groups excluding carboxylic acids is 1. The third-order valence-electron chi connectivity index (χ3n) is 6.10. The van der Waals surface area contributed by atoms with Gasteiger partial charge in [-0.1, -0.05) is 42.5 Å². The van der Waals surface area contributed by atoms with E-state index in [1.165, 1.54) is 11.1 Å². The Morgan fingerprint density at radius 2 is 1.93 bits per heavy atom. The SMILES string of the molecule is Cc1cnn(C2CCCc3ccccc32)c1NC(=O)C1COc2ccccc2C1. The molecule has 1 aliphatic heterocycles. The lowest BCUT2D eigenvalue weighted by Crippen LogP contribution is -2.33. The molecule has 3 aromatic rings. The molecule has 1 aromatic heterocycles. The summed E-state index contributed by atoms with van der Waals surface area (Å²) in [6.07, 6.45) is 5.80. The number of nitrogens with one attached hydrogen (secondary N) is 1.